The average Bonchev–Trinajstić information content (AvgIpc) is 3.10. The fraction of sp³-hybridized carbons (Fsp3) is 0.0435. The van der Waals surface area contributed by atoms with E-state index in [2.05, 4.69) is 5.32 Å². The number of ketones is 1. The average molecular weight is 423 g/mol. The van der Waals surface area contributed by atoms with Crippen LogP contribution in [-0.4, -0.2) is 16.1 Å². The van der Waals surface area contributed by atoms with Gasteiger partial charge >= 0.3 is 0 Å². The Morgan fingerprint density at radius 1 is 0.931 bits per heavy atom. The molecule has 4 rings (SSSR count). The van der Waals surface area contributed by atoms with E-state index in [1.807, 2.05) is 55.5 Å². The first-order valence-corrected chi connectivity index (χ1v) is 9.67. The molecule has 0 unspecified atom stereocenters. The first kappa shape index (κ1) is 19.2. The van der Waals surface area contributed by atoms with Crippen LogP contribution in [0.5, 0.6) is 0 Å². The molecule has 0 saturated heterocycles. The van der Waals surface area contributed by atoms with Crippen LogP contribution in [0.15, 0.2) is 72.9 Å². The lowest BCUT2D eigenvalue weighted by molar-refractivity contribution is -0.112. The van der Waals surface area contributed by atoms with Crippen LogP contribution < -0.4 is 5.32 Å². The Hall–Kier alpha value is -3.08. The van der Waals surface area contributed by atoms with Crippen molar-refractivity contribution in [2.45, 2.75) is 6.92 Å². The van der Waals surface area contributed by atoms with Crippen molar-refractivity contribution in [3.63, 3.8) is 0 Å². The highest BCUT2D eigenvalue weighted by Gasteiger charge is 2.25. The van der Waals surface area contributed by atoms with E-state index in [4.69, 9.17) is 23.2 Å². The Balaban J connectivity index is 1.78. The van der Waals surface area contributed by atoms with Gasteiger partial charge in [-0.15, -0.1) is 0 Å². The van der Waals surface area contributed by atoms with Gasteiger partial charge in [0.25, 0.3) is 11.7 Å². The molecule has 0 fully saturated rings. The van der Waals surface area contributed by atoms with Gasteiger partial charge in [0.2, 0.25) is 0 Å². The lowest BCUT2D eigenvalue weighted by Gasteiger charge is -2.09. The van der Waals surface area contributed by atoms with Gasteiger partial charge in [-0.1, -0.05) is 59.1 Å². The molecule has 0 saturated carbocycles. The maximum absolute atomic E-state index is 13.2. The Morgan fingerprint density at radius 2 is 1.69 bits per heavy atom. The number of nitrogens with one attached hydrogen (secondary N) is 1. The number of nitrogens with zero attached hydrogens (tertiary/aromatic N) is 1. The number of hydrogen-bond acceptors (Lipinski definition) is 2. The molecule has 2 heterocycles. The maximum Gasteiger partial charge on any atom is 0.298 e. The van der Waals surface area contributed by atoms with Gasteiger partial charge in [0.05, 0.1) is 10.7 Å². The zero-order valence-electron chi connectivity index (χ0n) is 15.4. The van der Waals surface area contributed by atoms with Crippen molar-refractivity contribution in [2.24, 2.45) is 0 Å². The smallest absolute Gasteiger partial charge is 0.298 e. The molecule has 0 radical (unpaired) electrons. The molecule has 1 N–H and O–H groups in total. The maximum atomic E-state index is 13.2. The number of anilines is 1. The summed E-state index contributed by atoms with van der Waals surface area (Å²) in [5, 5.41) is 3.28. The van der Waals surface area contributed by atoms with Gasteiger partial charge < -0.3 is 9.72 Å². The summed E-state index contributed by atoms with van der Waals surface area (Å²) in [6.07, 6.45) is 1.76. The Morgan fingerprint density at radius 3 is 2.45 bits per heavy atom. The third-order valence-corrected chi connectivity index (χ3v) is 5.20. The van der Waals surface area contributed by atoms with Crippen LogP contribution in [0.25, 0.3) is 16.6 Å². The summed E-state index contributed by atoms with van der Waals surface area (Å²) in [6.45, 7) is 1.99. The zero-order chi connectivity index (χ0) is 20.5. The second-order valence-electron chi connectivity index (χ2n) is 6.68. The van der Waals surface area contributed by atoms with Gasteiger partial charge in [-0.3, -0.25) is 9.59 Å². The monoisotopic (exact) mass is 422 g/mol. The predicted octanol–water partition coefficient (Wildman–Crippen LogP) is 6.04. The first-order chi connectivity index (χ1) is 13.9. The zero-order valence-corrected chi connectivity index (χ0v) is 17.0. The molecule has 0 atom stereocenters. The number of fused-ring (bicyclic) bond motifs is 1. The van der Waals surface area contributed by atoms with Crippen molar-refractivity contribution >= 4 is 46.1 Å². The van der Waals surface area contributed by atoms with Crippen LogP contribution in [0.4, 0.5) is 5.69 Å². The number of benzene rings is 2. The minimum Gasteiger partial charge on any atom is -0.318 e. The molecule has 144 valence electrons. The third-order valence-electron chi connectivity index (χ3n) is 4.64. The molecular formula is C23H16Cl2N2O2. The molecule has 0 aliphatic rings. The fourth-order valence-electron chi connectivity index (χ4n) is 3.19. The number of pyridine rings is 1. The van der Waals surface area contributed by atoms with Gasteiger partial charge in [0, 0.05) is 22.3 Å². The van der Waals surface area contributed by atoms with E-state index in [0.717, 1.165) is 16.6 Å². The topological polar surface area (TPSA) is 50.6 Å². The van der Waals surface area contributed by atoms with Crippen molar-refractivity contribution in [1.82, 2.24) is 4.40 Å². The van der Waals surface area contributed by atoms with Crippen LogP contribution in [0, 0.1) is 6.92 Å². The molecule has 0 spiro atoms. The predicted molar refractivity (Wildman–Crippen MR) is 117 cm³/mol. The SMILES string of the molecule is Cc1ccc(-c2cc3ccccn3c2C(=O)C(=O)Nc2cc(Cl)ccc2Cl)cc1. The second-order valence-corrected chi connectivity index (χ2v) is 7.52. The number of aryl methyl sites for hydroxylation is 1. The number of hydrogen-bond donors (Lipinski definition) is 1. The molecule has 4 aromatic rings. The lowest BCUT2D eigenvalue weighted by Crippen LogP contribution is -2.24. The van der Waals surface area contributed by atoms with Crippen LogP contribution >= 0.6 is 23.2 Å². The van der Waals surface area contributed by atoms with Crippen molar-refractivity contribution in [3.8, 4) is 11.1 Å². The van der Waals surface area contributed by atoms with Crippen LogP contribution in [0.1, 0.15) is 16.1 Å². The van der Waals surface area contributed by atoms with Gasteiger partial charge in [-0.25, -0.2) is 0 Å². The minimum atomic E-state index is -0.786. The molecule has 0 aliphatic carbocycles. The number of Topliss-reactive ketones (excluding diaryl/α,β-unsaturated/α-hetero) is 1. The van der Waals surface area contributed by atoms with Crippen LogP contribution in [0.2, 0.25) is 10.0 Å². The molecule has 29 heavy (non-hydrogen) atoms. The highest BCUT2D eigenvalue weighted by Crippen LogP contribution is 2.30. The van der Waals surface area contributed by atoms with E-state index < -0.39 is 11.7 Å². The summed E-state index contributed by atoms with van der Waals surface area (Å²) < 4.78 is 1.72. The Labute approximate surface area is 177 Å². The molecule has 0 bridgehead atoms. The standard InChI is InChI=1S/C23H16Cl2N2O2/c1-14-5-7-15(8-6-14)18-13-17-4-2-3-11-27(17)21(18)22(28)23(29)26-20-12-16(24)9-10-19(20)25/h2-13H,1H3,(H,26,29). The van der Waals surface area contributed by atoms with Gasteiger partial charge in [0.15, 0.2) is 0 Å². The number of aromatic nitrogens is 1. The van der Waals surface area contributed by atoms with Crippen molar-refractivity contribution in [1.29, 1.82) is 0 Å². The van der Waals surface area contributed by atoms with Crippen molar-refractivity contribution in [3.05, 3.63) is 94.2 Å². The number of rotatable bonds is 4. The molecule has 2 aromatic heterocycles. The number of carbonyl (C=O) groups excluding carboxylic acids is 2. The molecule has 0 aliphatic heterocycles. The highest BCUT2D eigenvalue weighted by molar-refractivity contribution is 6.48. The molecule has 2 aromatic carbocycles. The van der Waals surface area contributed by atoms with Crippen molar-refractivity contribution < 1.29 is 9.59 Å². The summed E-state index contributed by atoms with van der Waals surface area (Å²) in [7, 11) is 0. The Bertz CT molecular complexity index is 1240. The van der Waals surface area contributed by atoms with E-state index in [1.165, 1.54) is 6.07 Å². The number of amides is 1. The molecule has 4 nitrogen and oxygen atoms in total. The lowest BCUT2D eigenvalue weighted by atomic mass is 10.0. The largest absolute Gasteiger partial charge is 0.318 e. The van der Waals surface area contributed by atoms with Gasteiger partial charge in [-0.2, -0.15) is 0 Å². The van der Waals surface area contributed by atoms with Crippen LogP contribution in [0.3, 0.4) is 0 Å². The van der Waals surface area contributed by atoms with E-state index in [1.54, 1.807) is 22.7 Å². The molecule has 6 heteroatoms. The van der Waals surface area contributed by atoms with E-state index >= 15 is 0 Å². The normalized spacial score (nSPS) is 10.9. The van der Waals surface area contributed by atoms with Crippen molar-refractivity contribution in [2.75, 3.05) is 5.32 Å². The number of halogens is 2. The minimum absolute atomic E-state index is 0.287. The van der Waals surface area contributed by atoms with Gasteiger partial charge in [-0.05, 0) is 48.9 Å². The van der Waals surface area contributed by atoms with E-state index in [0.29, 0.717) is 21.3 Å². The molecule has 1 amide bonds. The number of carbonyl (C=O) groups is 2. The Kier molecular flexibility index (Phi) is 5.14. The summed E-state index contributed by atoms with van der Waals surface area (Å²) in [4.78, 5) is 26.0. The summed E-state index contributed by atoms with van der Waals surface area (Å²) in [5.41, 5.74) is 4.05. The quantitative estimate of drug-likeness (QED) is 0.321. The summed E-state index contributed by atoms with van der Waals surface area (Å²) in [5.74, 6) is -1.45. The van der Waals surface area contributed by atoms with Crippen LogP contribution in [-0.2, 0) is 4.79 Å². The summed E-state index contributed by atoms with van der Waals surface area (Å²) in [6, 6.07) is 20.0. The van der Waals surface area contributed by atoms with E-state index in [-0.39, 0.29) is 5.69 Å². The fourth-order valence-corrected chi connectivity index (χ4v) is 3.53. The van der Waals surface area contributed by atoms with E-state index in [9.17, 15) is 9.59 Å². The highest BCUT2D eigenvalue weighted by atomic mass is 35.5. The summed E-state index contributed by atoms with van der Waals surface area (Å²) >= 11 is 12.1. The molecular weight excluding hydrogens is 407 g/mol. The third kappa shape index (κ3) is 3.77. The second kappa shape index (κ2) is 7.74. The van der Waals surface area contributed by atoms with Gasteiger partial charge in [0.1, 0.15) is 5.69 Å². The first-order valence-electron chi connectivity index (χ1n) is 8.92.